The first kappa shape index (κ1) is 19.3. The number of nitrogens with two attached hydrogens (primary N) is 1. The van der Waals surface area contributed by atoms with Gasteiger partial charge in [0.05, 0.1) is 10.6 Å². The Bertz CT molecular complexity index is 768. The molecule has 23 heavy (non-hydrogen) atoms. The number of carbonyl (C=O) groups excluding carboxylic acids is 1. The van der Waals surface area contributed by atoms with Crippen molar-refractivity contribution >= 4 is 25.8 Å². The minimum Gasteiger partial charge on any atom is -0.355 e. The summed E-state index contributed by atoms with van der Waals surface area (Å²) in [5.74, 6) is -0.829. The predicted molar refractivity (Wildman–Crippen MR) is 88.0 cm³/mol. The Morgan fingerprint density at radius 3 is 2.30 bits per heavy atom. The highest BCUT2D eigenvalue weighted by Crippen LogP contribution is 2.09. The minimum atomic E-state index is -3.73. The standard InChI is InChI=1S/C14H20N2O5S2/c1-3-10-22(18,19)11(2)14(17)16-9-8-12-4-6-13(7-5-12)23(15,20)21/h3-7,11H,1,8-10H2,2H3,(H,16,17)(H2,15,20,21). The summed E-state index contributed by atoms with van der Waals surface area (Å²) in [5, 5.41) is 6.39. The number of rotatable bonds is 8. The Morgan fingerprint density at radius 2 is 1.83 bits per heavy atom. The highest BCUT2D eigenvalue weighted by atomic mass is 32.2. The number of hydrogen-bond donors (Lipinski definition) is 2. The molecule has 0 fully saturated rings. The van der Waals surface area contributed by atoms with Gasteiger partial charge in [-0.2, -0.15) is 0 Å². The summed E-state index contributed by atoms with van der Waals surface area (Å²) in [4.78, 5) is 11.8. The van der Waals surface area contributed by atoms with Crippen LogP contribution in [0.2, 0.25) is 0 Å². The lowest BCUT2D eigenvalue weighted by Gasteiger charge is -2.12. The minimum absolute atomic E-state index is 0.00873. The van der Waals surface area contributed by atoms with Crippen molar-refractivity contribution in [2.24, 2.45) is 5.14 Å². The largest absolute Gasteiger partial charge is 0.355 e. The number of hydrogen-bond acceptors (Lipinski definition) is 5. The third-order valence-electron chi connectivity index (χ3n) is 3.22. The fraction of sp³-hybridized carbons (Fsp3) is 0.357. The number of primary sulfonamides is 1. The van der Waals surface area contributed by atoms with Crippen LogP contribution in [0.1, 0.15) is 12.5 Å². The molecular weight excluding hydrogens is 340 g/mol. The van der Waals surface area contributed by atoms with E-state index in [1.54, 1.807) is 12.1 Å². The summed E-state index contributed by atoms with van der Waals surface area (Å²) >= 11 is 0. The molecule has 0 aliphatic heterocycles. The molecule has 1 atom stereocenters. The molecule has 0 aliphatic carbocycles. The van der Waals surface area contributed by atoms with Gasteiger partial charge in [-0.1, -0.05) is 18.2 Å². The van der Waals surface area contributed by atoms with Crippen molar-refractivity contribution in [3.8, 4) is 0 Å². The van der Waals surface area contributed by atoms with Crippen LogP contribution in [0.3, 0.4) is 0 Å². The van der Waals surface area contributed by atoms with Crippen LogP contribution in [0, 0.1) is 0 Å². The summed E-state index contributed by atoms with van der Waals surface area (Å²) in [6.07, 6.45) is 1.68. The molecule has 0 spiro atoms. The van der Waals surface area contributed by atoms with Gasteiger partial charge in [-0.15, -0.1) is 6.58 Å². The van der Waals surface area contributed by atoms with Gasteiger partial charge in [-0.05, 0) is 31.0 Å². The second-order valence-electron chi connectivity index (χ2n) is 4.99. The first-order chi connectivity index (χ1) is 10.6. The van der Waals surface area contributed by atoms with Crippen molar-refractivity contribution in [3.63, 3.8) is 0 Å². The molecule has 3 N–H and O–H groups in total. The van der Waals surface area contributed by atoms with Crippen molar-refractivity contribution in [1.29, 1.82) is 0 Å². The molecule has 0 saturated heterocycles. The number of carbonyl (C=O) groups is 1. The number of nitrogens with one attached hydrogen (secondary N) is 1. The van der Waals surface area contributed by atoms with Gasteiger partial charge in [0.15, 0.2) is 9.84 Å². The van der Waals surface area contributed by atoms with E-state index in [4.69, 9.17) is 5.14 Å². The molecule has 7 nitrogen and oxygen atoms in total. The molecule has 1 amide bonds. The molecule has 0 aromatic heterocycles. The third kappa shape index (κ3) is 5.77. The van der Waals surface area contributed by atoms with Gasteiger partial charge in [0.1, 0.15) is 5.25 Å². The van der Waals surface area contributed by atoms with Crippen molar-refractivity contribution in [2.75, 3.05) is 12.3 Å². The second kappa shape index (κ2) is 7.71. The molecule has 0 aliphatic rings. The monoisotopic (exact) mass is 360 g/mol. The van der Waals surface area contributed by atoms with E-state index >= 15 is 0 Å². The smallest absolute Gasteiger partial charge is 0.238 e. The van der Waals surface area contributed by atoms with E-state index < -0.39 is 31.0 Å². The SMILES string of the molecule is C=CCS(=O)(=O)C(C)C(=O)NCCc1ccc(S(N)(=O)=O)cc1. The van der Waals surface area contributed by atoms with E-state index in [1.165, 1.54) is 25.1 Å². The highest BCUT2D eigenvalue weighted by molar-refractivity contribution is 7.92. The molecule has 0 saturated carbocycles. The summed E-state index contributed by atoms with van der Waals surface area (Å²) < 4.78 is 45.7. The molecule has 1 unspecified atom stereocenters. The zero-order valence-corrected chi connectivity index (χ0v) is 14.4. The molecular formula is C14H20N2O5S2. The molecule has 1 rings (SSSR count). The van der Waals surface area contributed by atoms with Crippen molar-refractivity contribution in [3.05, 3.63) is 42.5 Å². The van der Waals surface area contributed by atoms with Crippen LogP contribution in [0.4, 0.5) is 0 Å². The van der Waals surface area contributed by atoms with Crippen LogP contribution in [0.25, 0.3) is 0 Å². The Hall–Kier alpha value is -1.71. The van der Waals surface area contributed by atoms with Gasteiger partial charge >= 0.3 is 0 Å². The molecule has 0 heterocycles. The van der Waals surface area contributed by atoms with Gasteiger partial charge in [-0.25, -0.2) is 22.0 Å². The van der Waals surface area contributed by atoms with E-state index in [-0.39, 0.29) is 17.2 Å². The number of sulfonamides is 1. The molecule has 1 aromatic carbocycles. The maximum absolute atomic E-state index is 11.8. The summed E-state index contributed by atoms with van der Waals surface area (Å²) in [6.45, 7) is 4.92. The normalized spacial score (nSPS) is 13.3. The maximum atomic E-state index is 11.8. The predicted octanol–water partition coefficient (Wildman–Crippen LogP) is -0.0180. The summed E-state index contributed by atoms with van der Waals surface area (Å²) in [5.41, 5.74) is 0.791. The molecule has 128 valence electrons. The highest BCUT2D eigenvalue weighted by Gasteiger charge is 2.26. The maximum Gasteiger partial charge on any atom is 0.238 e. The van der Waals surface area contributed by atoms with Gasteiger partial charge < -0.3 is 5.32 Å². The van der Waals surface area contributed by atoms with E-state index in [0.29, 0.717) is 6.42 Å². The van der Waals surface area contributed by atoms with E-state index in [2.05, 4.69) is 11.9 Å². The Kier molecular flexibility index (Phi) is 6.48. The second-order valence-corrected chi connectivity index (χ2v) is 8.92. The fourth-order valence-corrected chi connectivity index (χ4v) is 3.33. The van der Waals surface area contributed by atoms with Crippen LogP contribution in [-0.2, 0) is 31.1 Å². The van der Waals surface area contributed by atoms with Crippen LogP contribution in [-0.4, -0.2) is 40.3 Å². The summed E-state index contributed by atoms with van der Waals surface area (Å²) in [7, 11) is -7.27. The van der Waals surface area contributed by atoms with Crippen LogP contribution in [0.5, 0.6) is 0 Å². The quantitative estimate of drug-likeness (QED) is 0.631. The van der Waals surface area contributed by atoms with Gasteiger partial charge in [0.25, 0.3) is 0 Å². The lowest BCUT2D eigenvalue weighted by atomic mass is 10.1. The zero-order chi connectivity index (χ0) is 17.7. The molecule has 9 heteroatoms. The average Bonchev–Trinajstić information content (AvgIpc) is 2.45. The number of amides is 1. The third-order valence-corrected chi connectivity index (χ3v) is 6.14. The average molecular weight is 360 g/mol. The lowest BCUT2D eigenvalue weighted by molar-refractivity contribution is -0.120. The van der Waals surface area contributed by atoms with Gasteiger partial charge in [-0.3, -0.25) is 4.79 Å². The van der Waals surface area contributed by atoms with E-state index in [9.17, 15) is 21.6 Å². The first-order valence-electron chi connectivity index (χ1n) is 6.80. The van der Waals surface area contributed by atoms with Gasteiger partial charge in [0.2, 0.25) is 15.9 Å². The molecule has 0 bridgehead atoms. The van der Waals surface area contributed by atoms with Gasteiger partial charge in [0, 0.05) is 6.54 Å². The summed E-state index contributed by atoms with van der Waals surface area (Å²) in [6, 6.07) is 5.93. The Balaban J connectivity index is 2.57. The van der Waals surface area contributed by atoms with Crippen molar-refractivity contribution in [2.45, 2.75) is 23.5 Å². The first-order valence-corrected chi connectivity index (χ1v) is 10.1. The van der Waals surface area contributed by atoms with Crippen LogP contribution in [0.15, 0.2) is 41.8 Å². The van der Waals surface area contributed by atoms with E-state index in [1.807, 2.05) is 0 Å². The zero-order valence-electron chi connectivity index (χ0n) is 12.7. The van der Waals surface area contributed by atoms with E-state index in [0.717, 1.165) is 5.56 Å². The number of sulfone groups is 1. The molecule has 0 radical (unpaired) electrons. The van der Waals surface area contributed by atoms with Crippen LogP contribution >= 0.6 is 0 Å². The topological polar surface area (TPSA) is 123 Å². The number of benzene rings is 1. The lowest BCUT2D eigenvalue weighted by Crippen LogP contribution is -2.39. The Labute approximate surface area is 136 Å². The molecule has 1 aromatic rings. The fourth-order valence-electron chi connectivity index (χ4n) is 1.79. The van der Waals surface area contributed by atoms with Crippen molar-refractivity contribution < 1.29 is 21.6 Å². The van der Waals surface area contributed by atoms with Crippen molar-refractivity contribution in [1.82, 2.24) is 5.32 Å². The Morgan fingerprint density at radius 1 is 1.26 bits per heavy atom. The van der Waals surface area contributed by atoms with Crippen LogP contribution < -0.4 is 10.5 Å².